The average molecular weight is 276 g/mol. The van der Waals surface area contributed by atoms with Crippen molar-refractivity contribution in [2.75, 3.05) is 14.2 Å². The predicted octanol–water partition coefficient (Wildman–Crippen LogP) is 5.06. The largest absolute Gasteiger partial charge is 0.496 e. The van der Waals surface area contributed by atoms with Crippen molar-refractivity contribution in [3.8, 4) is 11.5 Å². The van der Waals surface area contributed by atoms with Gasteiger partial charge in [-0.25, -0.2) is 0 Å². The summed E-state index contributed by atoms with van der Waals surface area (Å²) in [6.07, 6.45) is 4.29. The summed E-state index contributed by atoms with van der Waals surface area (Å²) in [6.45, 7) is 13.1. The second kappa shape index (κ2) is 5.90. The van der Waals surface area contributed by atoms with Crippen LogP contribution >= 0.6 is 0 Å². The lowest BCUT2D eigenvalue weighted by atomic mass is 9.85. The summed E-state index contributed by atoms with van der Waals surface area (Å²) in [4.78, 5) is 0. The molecule has 0 heterocycles. The maximum atomic E-state index is 5.55. The summed E-state index contributed by atoms with van der Waals surface area (Å²) in [5.74, 6) is 1.79. The molecule has 1 rings (SSSR count). The van der Waals surface area contributed by atoms with E-state index < -0.39 is 0 Å². The van der Waals surface area contributed by atoms with Crippen LogP contribution in [0.3, 0.4) is 0 Å². The third-order valence-corrected chi connectivity index (χ3v) is 3.12. The topological polar surface area (TPSA) is 18.5 Å². The molecule has 0 radical (unpaired) electrons. The zero-order valence-electron chi connectivity index (χ0n) is 14.1. The van der Waals surface area contributed by atoms with Crippen molar-refractivity contribution in [3.05, 3.63) is 29.3 Å². The van der Waals surface area contributed by atoms with E-state index in [0.29, 0.717) is 0 Å². The Balaban J connectivity index is 3.37. The van der Waals surface area contributed by atoms with Gasteiger partial charge in [0.25, 0.3) is 0 Å². The molecule has 20 heavy (non-hydrogen) atoms. The fraction of sp³-hybridized carbons (Fsp3) is 0.556. The first-order valence-electron chi connectivity index (χ1n) is 7.04. The van der Waals surface area contributed by atoms with Gasteiger partial charge in [-0.05, 0) is 23.0 Å². The Hall–Kier alpha value is -1.44. The Morgan fingerprint density at radius 3 is 1.80 bits per heavy atom. The van der Waals surface area contributed by atoms with E-state index in [0.717, 1.165) is 22.6 Å². The van der Waals surface area contributed by atoms with Crippen molar-refractivity contribution in [3.63, 3.8) is 0 Å². The van der Waals surface area contributed by atoms with Crippen LogP contribution in [0.1, 0.15) is 52.7 Å². The molecular weight excluding hydrogens is 248 g/mol. The van der Waals surface area contributed by atoms with Gasteiger partial charge in [0.1, 0.15) is 11.5 Å². The second-order valence-electron chi connectivity index (χ2n) is 7.24. The number of benzene rings is 1. The van der Waals surface area contributed by atoms with Crippen LogP contribution in [0.25, 0.3) is 6.08 Å². The molecule has 2 nitrogen and oxygen atoms in total. The van der Waals surface area contributed by atoms with Crippen LogP contribution in [-0.2, 0) is 5.41 Å². The molecule has 2 heteroatoms. The van der Waals surface area contributed by atoms with E-state index in [4.69, 9.17) is 9.47 Å². The maximum Gasteiger partial charge on any atom is 0.126 e. The third kappa shape index (κ3) is 4.29. The zero-order valence-corrected chi connectivity index (χ0v) is 14.1. The molecule has 0 amide bonds. The van der Waals surface area contributed by atoms with Crippen molar-refractivity contribution in [2.45, 2.75) is 47.0 Å². The summed E-state index contributed by atoms with van der Waals surface area (Å²) >= 11 is 0. The van der Waals surface area contributed by atoms with Gasteiger partial charge in [0.15, 0.2) is 0 Å². The van der Waals surface area contributed by atoms with Gasteiger partial charge in [0.2, 0.25) is 0 Å². The summed E-state index contributed by atoms with van der Waals surface area (Å²) in [5.41, 5.74) is 2.36. The molecule has 112 valence electrons. The minimum Gasteiger partial charge on any atom is -0.496 e. The van der Waals surface area contributed by atoms with Crippen molar-refractivity contribution >= 4 is 6.08 Å². The van der Waals surface area contributed by atoms with Crippen LogP contribution in [-0.4, -0.2) is 14.2 Å². The smallest absolute Gasteiger partial charge is 0.126 e. The fourth-order valence-electron chi connectivity index (χ4n) is 1.98. The lowest BCUT2D eigenvalue weighted by Crippen LogP contribution is -2.13. The Morgan fingerprint density at radius 2 is 1.40 bits per heavy atom. The minimum atomic E-state index is 0.0187. The highest BCUT2D eigenvalue weighted by atomic mass is 16.5. The van der Waals surface area contributed by atoms with E-state index in [-0.39, 0.29) is 10.8 Å². The van der Waals surface area contributed by atoms with Crippen molar-refractivity contribution < 1.29 is 9.47 Å². The van der Waals surface area contributed by atoms with E-state index in [2.05, 4.69) is 65.8 Å². The molecule has 0 spiro atoms. The number of hydrogen-bond acceptors (Lipinski definition) is 2. The molecule has 0 aliphatic heterocycles. The van der Waals surface area contributed by atoms with Gasteiger partial charge in [-0.3, -0.25) is 0 Å². The molecule has 0 bridgehead atoms. The lowest BCUT2D eigenvalue weighted by Gasteiger charge is -2.24. The molecule has 0 aliphatic carbocycles. The number of allylic oxidation sites excluding steroid dienone is 1. The molecule has 0 fully saturated rings. The van der Waals surface area contributed by atoms with Crippen LogP contribution in [0.2, 0.25) is 0 Å². The Kier molecular flexibility index (Phi) is 4.90. The van der Waals surface area contributed by atoms with Crippen LogP contribution in [0.4, 0.5) is 0 Å². The Morgan fingerprint density at radius 1 is 0.850 bits per heavy atom. The fourth-order valence-corrected chi connectivity index (χ4v) is 1.98. The minimum absolute atomic E-state index is 0.0187. The molecule has 0 saturated carbocycles. The van der Waals surface area contributed by atoms with Crippen LogP contribution in [0.15, 0.2) is 18.2 Å². The SMILES string of the molecule is COc1cc(C(C)(C)C)c(OC)cc1/C=C/C(C)(C)C. The molecule has 0 aliphatic rings. The first-order valence-corrected chi connectivity index (χ1v) is 7.04. The summed E-state index contributed by atoms with van der Waals surface area (Å²) < 4.78 is 11.1. The van der Waals surface area contributed by atoms with Crippen LogP contribution in [0.5, 0.6) is 11.5 Å². The third-order valence-electron chi connectivity index (χ3n) is 3.12. The van der Waals surface area contributed by atoms with Crippen LogP contribution < -0.4 is 9.47 Å². The van der Waals surface area contributed by atoms with Gasteiger partial charge in [0.05, 0.1) is 14.2 Å². The standard InChI is InChI=1S/C18H28O2/c1-17(2,3)10-9-13-11-16(20-8)14(18(4,5)6)12-15(13)19-7/h9-12H,1-8H3/b10-9+. The van der Waals surface area contributed by atoms with E-state index in [9.17, 15) is 0 Å². The van der Waals surface area contributed by atoms with Gasteiger partial charge in [-0.2, -0.15) is 0 Å². The highest BCUT2D eigenvalue weighted by Crippen LogP contribution is 2.37. The van der Waals surface area contributed by atoms with Gasteiger partial charge < -0.3 is 9.47 Å². The lowest BCUT2D eigenvalue weighted by molar-refractivity contribution is 0.387. The Labute approximate surface area is 123 Å². The van der Waals surface area contributed by atoms with Gasteiger partial charge in [0, 0.05) is 11.1 Å². The number of hydrogen-bond donors (Lipinski definition) is 0. The number of ether oxygens (including phenoxy) is 2. The van der Waals surface area contributed by atoms with E-state index in [1.807, 2.05) is 0 Å². The average Bonchev–Trinajstić information content (AvgIpc) is 2.33. The van der Waals surface area contributed by atoms with Gasteiger partial charge in [-0.15, -0.1) is 0 Å². The first kappa shape index (κ1) is 16.6. The van der Waals surface area contributed by atoms with Gasteiger partial charge >= 0.3 is 0 Å². The zero-order chi connectivity index (χ0) is 15.6. The second-order valence-corrected chi connectivity index (χ2v) is 7.24. The number of rotatable bonds is 3. The molecule has 0 saturated heterocycles. The molecule has 0 N–H and O–H groups in total. The molecule has 0 atom stereocenters. The predicted molar refractivity (Wildman–Crippen MR) is 86.7 cm³/mol. The van der Waals surface area contributed by atoms with Crippen LogP contribution in [0, 0.1) is 5.41 Å². The monoisotopic (exact) mass is 276 g/mol. The molecule has 0 unspecified atom stereocenters. The molecule has 0 aromatic heterocycles. The highest BCUT2D eigenvalue weighted by molar-refractivity contribution is 5.63. The van der Waals surface area contributed by atoms with E-state index in [1.165, 1.54) is 0 Å². The first-order chi connectivity index (χ1) is 9.08. The summed E-state index contributed by atoms with van der Waals surface area (Å²) in [7, 11) is 3.43. The highest BCUT2D eigenvalue weighted by Gasteiger charge is 2.21. The van der Waals surface area contributed by atoms with Crippen molar-refractivity contribution in [2.24, 2.45) is 5.41 Å². The quantitative estimate of drug-likeness (QED) is 0.768. The van der Waals surface area contributed by atoms with E-state index in [1.54, 1.807) is 14.2 Å². The van der Waals surface area contributed by atoms with E-state index >= 15 is 0 Å². The normalized spacial score (nSPS) is 12.8. The molecule has 1 aromatic carbocycles. The Bertz CT molecular complexity index is 485. The number of methoxy groups -OCH3 is 2. The molecular formula is C18H28O2. The molecule has 1 aromatic rings. The summed E-state index contributed by atoms with van der Waals surface area (Å²) in [6, 6.07) is 4.14. The summed E-state index contributed by atoms with van der Waals surface area (Å²) in [5, 5.41) is 0. The van der Waals surface area contributed by atoms with Crippen molar-refractivity contribution in [1.82, 2.24) is 0 Å². The van der Waals surface area contributed by atoms with Gasteiger partial charge in [-0.1, -0.05) is 53.7 Å². The maximum absolute atomic E-state index is 5.55. The van der Waals surface area contributed by atoms with Crippen molar-refractivity contribution in [1.29, 1.82) is 0 Å².